The van der Waals surface area contributed by atoms with E-state index in [1.807, 2.05) is 42.5 Å². The van der Waals surface area contributed by atoms with Gasteiger partial charge in [0.2, 0.25) is 5.88 Å². The normalized spacial score (nSPS) is 10.5. The summed E-state index contributed by atoms with van der Waals surface area (Å²) in [7, 11) is 1.51. The highest BCUT2D eigenvalue weighted by atomic mass is 35.5. The summed E-state index contributed by atoms with van der Waals surface area (Å²) < 4.78 is 10.6. The third-order valence-corrected chi connectivity index (χ3v) is 3.81. The highest BCUT2D eigenvalue weighted by Crippen LogP contribution is 2.23. The van der Waals surface area contributed by atoms with Crippen molar-refractivity contribution in [1.82, 2.24) is 4.98 Å². The van der Waals surface area contributed by atoms with Crippen LogP contribution in [-0.4, -0.2) is 18.1 Å². The lowest BCUT2D eigenvalue weighted by atomic mass is 10.1. The Labute approximate surface area is 138 Å². The number of carbonyl (C=O) groups is 1. The van der Waals surface area contributed by atoms with Crippen molar-refractivity contribution in [2.24, 2.45) is 0 Å². The van der Waals surface area contributed by atoms with Crippen LogP contribution in [0, 0.1) is 0 Å². The van der Waals surface area contributed by atoms with Gasteiger partial charge in [-0.3, -0.25) is 0 Å². The number of pyridine rings is 1. The minimum atomic E-state index is -0.443. The summed E-state index contributed by atoms with van der Waals surface area (Å²) in [5, 5.41) is 1.29. The molecule has 23 heavy (non-hydrogen) atoms. The zero-order valence-corrected chi connectivity index (χ0v) is 13.2. The molecule has 3 rings (SSSR count). The van der Waals surface area contributed by atoms with Gasteiger partial charge in [0.15, 0.2) is 0 Å². The van der Waals surface area contributed by atoms with E-state index in [2.05, 4.69) is 4.98 Å². The molecular weight excluding hydrogens is 314 g/mol. The summed E-state index contributed by atoms with van der Waals surface area (Å²) in [4.78, 5) is 16.8. The summed E-state index contributed by atoms with van der Waals surface area (Å²) in [5.41, 5.74) is 1.85. The zero-order chi connectivity index (χ0) is 16.2. The lowest BCUT2D eigenvalue weighted by Crippen LogP contribution is -2.07. The first-order chi connectivity index (χ1) is 11.2. The highest BCUT2D eigenvalue weighted by molar-refractivity contribution is 6.31. The maximum Gasteiger partial charge on any atom is 0.339 e. The number of carbonyl (C=O) groups excluding carboxylic acids is 1. The van der Waals surface area contributed by atoms with Gasteiger partial charge in [-0.1, -0.05) is 48.0 Å². The van der Waals surface area contributed by atoms with Gasteiger partial charge >= 0.3 is 5.97 Å². The Bertz CT molecular complexity index is 864. The van der Waals surface area contributed by atoms with E-state index >= 15 is 0 Å². The van der Waals surface area contributed by atoms with E-state index in [0.717, 1.165) is 10.9 Å². The third-order valence-electron chi connectivity index (χ3n) is 3.44. The third kappa shape index (κ3) is 3.27. The Hall–Kier alpha value is -2.59. The second-order valence-electron chi connectivity index (χ2n) is 4.90. The molecule has 0 aliphatic rings. The van der Waals surface area contributed by atoms with Crippen molar-refractivity contribution >= 4 is 28.5 Å². The molecule has 0 amide bonds. The summed E-state index contributed by atoms with van der Waals surface area (Å²) in [6.45, 7) is 0.109. The lowest BCUT2D eigenvalue weighted by Gasteiger charge is -2.10. The Balaban J connectivity index is 1.90. The number of fused-ring (bicyclic) bond motifs is 1. The average Bonchev–Trinajstić information content (AvgIpc) is 2.59. The van der Waals surface area contributed by atoms with Crippen LogP contribution in [-0.2, 0) is 11.3 Å². The van der Waals surface area contributed by atoms with E-state index in [0.29, 0.717) is 22.0 Å². The van der Waals surface area contributed by atoms with Crippen LogP contribution in [0.2, 0.25) is 5.02 Å². The van der Waals surface area contributed by atoms with Crippen LogP contribution in [0.5, 0.6) is 5.88 Å². The Morgan fingerprint density at radius 3 is 2.65 bits per heavy atom. The molecule has 4 nitrogen and oxygen atoms in total. The molecule has 3 aromatic rings. The minimum Gasteiger partial charge on any atom is -0.481 e. The molecule has 0 aliphatic carbocycles. The molecule has 0 unspecified atom stereocenters. The molecule has 1 heterocycles. The number of benzene rings is 2. The van der Waals surface area contributed by atoms with Crippen molar-refractivity contribution in [2.75, 3.05) is 7.11 Å². The van der Waals surface area contributed by atoms with Crippen LogP contribution >= 0.6 is 11.6 Å². The van der Waals surface area contributed by atoms with Gasteiger partial charge in [0.25, 0.3) is 0 Å². The van der Waals surface area contributed by atoms with Crippen molar-refractivity contribution < 1.29 is 14.3 Å². The van der Waals surface area contributed by atoms with Gasteiger partial charge in [-0.25, -0.2) is 9.78 Å². The summed E-state index contributed by atoms with van der Waals surface area (Å²) >= 11 is 6.08. The van der Waals surface area contributed by atoms with Crippen LogP contribution in [0.3, 0.4) is 0 Å². The van der Waals surface area contributed by atoms with Gasteiger partial charge in [0.1, 0.15) is 6.61 Å². The second-order valence-corrected chi connectivity index (χ2v) is 5.30. The Morgan fingerprint density at radius 1 is 1.13 bits per heavy atom. The smallest absolute Gasteiger partial charge is 0.339 e. The SMILES string of the molecule is COc1cc(C(=O)OCc2ccccc2Cl)c2ccccc2n1. The predicted molar refractivity (Wildman–Crippen MR) is 88.9 cm³/mol. The molecule has 0 aliphatic heterocycles. The lowest BCUT2D eigenvalue weighted by molar-refractivity contribution is 0.0474. The molecule has 5 heteroatoms. The van der Waals surface area contributed by atoms with Crippen molar-refractivity contribution in [1.29, 1.82) is 0 Å². The molecule has 0 atom stereocenters. The molecule has 0 spiro atoms. The summed E-state index contributed by atoms with van der Waals surface area (Å²) in [6.07, 6.45) is 0. The number of nitrogens with zero attached hydrogens (tertiary/aromatic N) is 1. The number of methoxy groups -OCH3 is 1. The standard InChI is InChI=1S/C18H14ClNO3/c1-22-17-10-14(13-7-3-5-9-16(13)20-17)18(21)23-11-12-6-2-4-8-15(12)19/h2-10H,11H2,1H3. The van der Waals surface area contributed by atoms with E-state index in [-0.39, 0.29) is 6.61 Å². The number of aromatic nitrogens is 1. The Kier molecular flexibility index (Phi) is 4.44. The second kappa shape index (κ2) is 6.67. The first kappa shape index (κ1) is 15.3. The molecule has 0 bridgehead atoms. The molecule has 0 saturated heterocycles. The number of hydrogen-bond donors (Lipinski definition) is 0. The molecule has 1 aromatic heterocycles. The first-order valence-corrected chi connectivity index (χ1v) is 7.41. The van der Waals surface area contributed by atoms with Gasteiger partial charge < -0.3 is 9.47 Å². The molecule has 0 saturated carbocycles. The van der Waals surface area contributed by atoms with Gasteiger partial charge in [0.05, 0.1) is 18.2 Å². The summed E-state index contributed by atoms with van der Waals surface area (Å²) in [6, 6.07) is 16.2. The van der Waals surface area contributed by atoms with Crippen LogP contribution in [0.1, 0.15) is 15.9 Å². The average molecular weight is 328 g/mol. The number of esters is 1. The molecular formula is C18H14ClNO3. The highest BCUT2D eigenvalue weighted by Gasteiger charge is 2.15. The van der Waals surface area contributed by atoms with Gasteiger partial charge in [0, 0.05) is 22.0 Å². The first-order valence-electron chi connectivity index (χ1n) is 7.03. The topological polar surface area (TPSA) is 48.4 Å². The van der Waals surface area contributed by atoms with Crippen molar-refractivity contribution in [3.8, 4) is 5.88 Å². The number of para-hydroxylation sites is 1. The van der Waals surface area contributed by atoms with E-state index in [1.54, 1.807) is 12.1 Å². The van der Waals surface area contributed by atoms with Crippen LogP contribution in [0.4, 0.5) is 0 Å². The fraction of sp³-hybridized carbons (Fsp3) is 0.111. The van der Waals surface area contributed by atoms with Crippen molar-refractivity contribution in [3.05, 3.63) is 70.7 Å². The summed E-state index contributed by atoms with van der Waals surface area (Å²) in [5.74, 6) is -0.0739. The van der Waals surface area contributed by atoms with Crippen molar-refractivity contribution in [3.63, 3.8) is 0 Å². The van der Waals surface area contributed by atoms with E-state index < -0.39 is 5.97 Å². The van der Waals surface area contributed by atoms with Gasteiger partial charge in [-0.2, -0.15) is 0 Å². The quantitative estimate of drug-likeness (QED) is 0.672. The largest absolute Gasteiger partial charge is 0.481 e. The molecule has 0 radical (unpaired) electrons. The number of rotatable bonds is 4. The van der Waals surface area contributed by atoms with Crippen molar-refractivity contribution in [2.45, 2.75) is 6.61 Å². The van der Waals surface area contributed by atoms with E-state index in [4.69, 9.17) is 21.1 Å². The number of hydrogen-bond acceptors (Lipinski definition) is 4. The van der Waals surface area contributed by atoms with E-state index in [9.17, 15) is 4.79 Å². The van der Waals surface area contributed by atoms with Gasteiger partial charge in [-0.05, 0) is 12.1 Å². The molecule has 0 N–H and O–H groups in total. The molecule has 116 valence electrons. The minimum absolute atomic E-state index is 0.109. The number of ether oxygens (including phenoxy) is 2. The predicted octanol–water partition coefficient (Wildman–Crippen LogP) is 4.25. The molecule has 2 aromatic carbocycles. The van der Waals surface area contributed by atoms with Crippen LogP contribution in [0.25, 0.3) is 10.9 Å². The monoisotopic (exact) mass is 327 g/mol. The van der Waals surface area contributed by atoms with E-state index in [1.165, 1.54) is 7.11 Å². The Morgan fingerprint density at radius 2 is 1.87 bits per heavy atom. The van der Waals surface area contributed by atoms with Crippen LogP contribution in [0.15, 0.2) is 54.6 Å². The van der Waals surface area contributed by atoms with Crippen LogP contribution < -0.4 is 4.74 Å². The zero-order valence-electron chi connectivity index (χ0n) is 12.5. The molecule has 0 fully saturated rings. The fourth-order valence-electron chi connectivity index (χ4n) is 2.26. The fourth-order valence-corrected chi connectivity index (χ4v) is 2.45. The number of halogens is 1. The maximum atomic E-state index is 12.5. The van der Waals surface area contributed by atoms with Gasteiger partial charge in [-0.15, -0.1) is 0 Å². The maximum absolute atomic E-state index is 12.5.